The van der Waals surface area contributed by atoms with Crippen molar-refractivity contribution >= 4 is 11.8 Å². The zero-order valence-corrected chi connectivity index (χ0v) is 9.26. The first kappa shape index (κ1) is 13.3. The number of carbonyl (C=O) groups excluding carboxylic acids is 1. The van der Waals surface area contributed by atoms with E-state index in [0.717, 1.165) is 0 Å². The van der Waals surface area contributed by atoms with Crippen molar-refractivity contribution in [1.29, 1.82) is 0 Å². The van der Waals surface area contributed by atoms with Gasteiger partial charge in [-0.2, -0.15) is 0 Å². The summed E-state index contributed by atoms with van der Waals surface area (Å²) in [6, 6.07) is 6.53. The number of Topliss-reactive ketones (excluding diaryl/α,β-unsaturated/α-hetero) is 1. The highest BCUT2D eigenvalue weighted by Crippen LogP contribution is 2.10. The number of rotatable bonds is 7. The first-order chi connectivity index (χ1) is 8.16. The Morgan fingerprint density at radius 2 is 1.88 bits per heavy atom. The van der Waals surface area contributed by atoms with Gasteiger partial charge in [0.15, 0.2) is 0 Å². The molecular formula is C12H14O5. The van der Waals surface area contributed by atoms with Crippen LogP contribution < -0.4 is 0 Å². The lowest BCUT2D eigenvalue weighted by Gasteiger charge is -2.06. The lowest BCUT2D eigenvalue weighted by molar-refractivity contribution is -0.131. The molecule has 0 bridgehead atoms. The van der Waals surface area contributed by atoms with Gasteiger partial charge in [0.2, 0.25) is 0 Å². The minimum Gasteiger partial charge on any atom is -0.475 e. The summed E-state index contributed by atoms with van der Waals surface area (Å²) >= 11 is 0. The number of aliphatic hydroxyl groups excluding tert-OH is 1. The molecule has 0 saturated heterocycles. The van der Waals surface area contributed by atoms with E-state index in [2.05, 4.69) is 0 Å². The lowest BCUT2D eigenvalue weighted by atomic mass is 10.0. The molecule has 0 fully saturated rings. The average Bonchev–Trinajstić information content (AvgIpc) is 2.34. The number of hydrogen-bond donors (Lipinski definition) is 2. The standard InChI is InChI=1S/C12H14O5/c13-6-8-17-7-5-9-3-1-2-4-10(9)11(14)12(15)16/h1-4,13H,5-8H2,(H,15,16). The molecule has 0 aromatic heterocycles. The molecule has 5 heteroatoms. The van der Waals surface area contributed by atoms with Crippen molar-refractivity contribution in [3.05, 3.63) is 35.4 Å². The quantitative estimate of drug-likeness (QED) is 0.410. The van der Waals surface area contributed by atoms with E-state index >= 15 is 0 Å². The van der Waals surface area contributed by atoms with Gasteiger partial charge in [0.1, 0.15) is 0 Å². The number of benzene rings is 1. The second-order valence-corrected chi connectivity index (χ2v) is 3.38. The van der Waals surface area contributed by atoms with Gasteiger partial charge in [-0.05, 0) is 12.0 Å². The number of ether oxygens (including phenoxy) is 1. The molecule has 17 heavy (non-hydrogen) atoms. The van der Waals surface area contributed by atoms with Crippen LogP contribution in [0.2, 0.25) is 0 Å². The summed E-state index contributed by atoms with van der Waals surface area (Å²) in [6.07, 6.45) is 0.440. The zero-order chi connectivity index (χ0) is 12.7. The summed E-state index contributed by atoms with van der Waals surface area (Å²) in [7, 11) is 0. The molecule has 1 aromatic rings. The summed E-state index contributed by atoms with van der Waals surface area (Å²) in [5.41, 5.74) is 0.824. The molecule has 0 spiro atoms. The molecule has 0 aliphatic carbocycles. The highest BCUT2D eigenvalue weighted by Gasteiger charge is 2.17. The van der Waals surface area contributed by atoms with Crippen molar-refractivity contribution in [3.63, 3.8) is 0 Å². The molecule has 0 radical (unpaired) electrons. The number of carboxylic acid groups (broad SMARTS) is 1. The molecule has 1 aromatic carbocycles. The van der Waals surface area contributed by atoms with Crippen molar-refractivity contribution in [2.45, 2.75) is 6.42 Å². The Balaban J connectivity index is 2.71. The van der Waals surface area contributed by atoms with Crippen LogP contribution in [-0.4, -0.2) is 41.8 Å². The second-order valence-electron chi connectivity index (χ2n) is 3.38. The van der Waals surface area contributed by atoms with Gasteiger partial charge in [0.05, 0.1) is 19.8 Å². The fraction of sp³-hybridized carbons (Fsp3) is 0.333. The van der Waals surface area contributed by atoms with Gasteiger partial charge >= 0.3 is 5.97 Å². The average molecular weight is 238 g/mol. The fourth-order valence-electron chi connectivity index (χ4n) is 1.42. The van der Waals surface area contributed by atoms with Gasteiger partial charge in [0, 0.05) is 5.56 Å². The number of carbonyl (C=O) groups is 2. The largest absolute Gasteiger partial charge is 0.475 e. The SMILES string of the molecule is O=C(O)C(=O)c1ccccc1CCOCCO. The van der Waals surface area contributed by atoms with E-state index in [1.807, 2.05) is 0 Å². The second kappa shape index (κ2) is 6.78. The van der Waals surface area contributed by atoms with Crippen LogP contribution >= 0.6 is 0 Å². The number of aliphatic carboxylic acids is 1. The Morgan fingerprint density at radius 1 is 1.18 bits per heavy atom. The van der Waals surface area contributed by atoms with Crippen molar-refractivity contribution in [2.75, 3.05) is 19.8 Å². The van der Waals surface area contributed by atoms with Gasteiger partial charge < -0.3 is 14.9 Å². The first-order valence-electron chi connectivity index (χ1n) is 5.21. The third-order valence-corrected chi connectivity index (χ3v) is 2.21. The van der Waals surface area contributed by atoms with Crippen LogP contribution in [0.4, 0.5) is 0 Å². The van der Waals surface area contributed by atoms with Gasteiger partial charge in [-0.25, -0.2) is 4.79 Å². The summed E-state index contributed by atoms with van der Waals surface area (Å²) in [5, 5.41) is 17.2. The Bertz CT molecular complexity index is 400. The molecular weight excluding hydrogens is 224 g/mol. The Labute approximate surface area is 98.6 Å². The predicted octanol–water partition coefficient (Wildman–Crippen LogP) is 0.505. The fourth-order valence-corrected chi connectivity index (χ4v) is 1.42. The molecule has 0 aliphatic heterocycles. The van der Waals surface area contributed by atoms with E-state index in [1.165, 1.54) is 6.07 Å². The molecule has 5 nitrogen and oxygen atoms in total. The van der Waals surface area contributed by atoms with Crippen LogP contribution in [0.25, 0.3) is 0 Å². The van der Waals surface area contributed by atoms with Gasteiger partial charge in [-0.1, -0.05) is 24.3 Å². The lowest BCUT2D eigenvalue weighted by Crippen LogP contribution is -2.15. The zero-order valence-electron chi connectivity index (χ0n) is 9.26. The molecule has 0 unspecified atom stereocenters. The summed E-state index contributed by atoms with van der Waals surface area (Å²) in [4.78, 5) is 22.0. The maximum absolute atomic E-state index is 11.4. The van der Waals surface area contributed by atoms with Crippen molar-refractivity contribution in [1.82, 2.24) is 0 Å². The number of aliphatic hydroxyl groups is 1. The summed E-state index contributed by atoms with van der Waals surface area (Å²) in [5.74, 6) is -2.38. The minimum atomic E-state index is -1.46. The Morgan fingerprint density at radius 3 is 2.53 bits per heavy atom. The normalized spacial score (nSPS) is 10.2. The maximum atomic E-state index is 11.4. The minimum absolute atomic E-state index is 0.0598. The Kier molecular flexibility index (Phi) is 5.32. The predicted molar refractivity (Wildman–Crippen MR) is 60.0 cm³/mol. The van der Waals surface area contributed by atoms with E-state index in [1.54, 1.807) is 18.2 Å². The van der Waals surface area contributed by atoms with Crippen LogP contribution in [0, 0.1) is 0 Å². The van der Waals surface area contributed by atoms with E-state index in [0.29, 0.717) is 18.6 Å². The van der Waals surface area contributed by atoms with E-state index < -0.39 is 11.8 Å². The summed E-state index contributed by atoms with van der Waals surface area (Å²) in [6.45, 7) is 0.509. The van der Waals surface area contributed by atoms with Crippen molar-refractivity contribution in [2.24, 2.45) is 0 Å². The first-order valence-corrected chi connectivity index (χ1v) is 5.21. The maximum Gasteiger partial charge on any atom is 0.377 e. The molecule has 92 valence electrons. The van der Waals surface area contributed by atoms with Crippen LogP contribution in [0.5, 0.6) is 0 Å². The molecule has 0 aliphatic rings. The number of ketones is 1. The van der Waals surface area contributed by atoms with Crippen LogP contribution in [-0.2, 0) is 16.0 Å². The summed E-state index contributed by atoms with van der Waals surface area (Å²) < 4.78 is 5.07. The molecule has 0 heterocycles. The van der Waals surface area contributed by atoms with E-state index in [4.69, 9.17) is 14.9 Å². The van der Waals surface area contributed by atoms with Gasteiger partial charge in [-0.15, -0.1) is 0 Å². The Hall–Kier alpha value is -1.72. The highest BCUT2D eigenvalue weighted by atomic mass is 16.5. The number of carboxylic acids is 1. The third-order valence-electron chi connectivity index (χ3n) is 2.21. The van der Waals surface area contributed by atoms with Crippen molar-refractivity contribution < 1.29 is 24.5 Å². The highest BCUT2D eigenvalue weighted by molar-refractivity contribution is 6.40. The van der Waals surface area contributed by atoms with E-state index in [9.17, 15) is 9.59 Å². The number of hydrogen-bond acceptors (Lipinski definition) is 4. The molecule has 0 atom stereocenters. The van der Waals surface area contributed by atoms with E-state index in [-0.39, 0.29) is 18.8 Å². The molecule has 0 saturated carbocycles. The van der Waals surface area contributed by atoms with Crippen LogP contribution in [0.3, 0.4) is 0 Å². The van der Waals surface area contributed by atoms with Gasteiger partial charge in [-0.3, -0.25) is 4.79 Å². The molecule has 0 amide bonds. The van der Waals surface area contributed by atoms with Crippen LogP contribution in [0.1, 0.15) is 15.9 Å². The van der Waals surface area contributed by atoms with Crippen LogP contribution in [0.15, 0.2) is 24.3 Å². The topological polar surface area (TPSA) is 83.8 Å². The van der Waals surface area contributed by atoms with Crippen molar-refractivity contribution in [3.8, 4) is 0 Å². The third kappa shape index (κ3) is 3.97. The van der Waals surface area contributed by atoms with Gasteiger partial charge in [0.25, 0.3) is 5.78 Å². The smallest absolute Gasteiger partial charge is 0.377 e. The molecule has 1 rings (SSSR count). The molecule has 2 N–H and O–H groups in total. The monoisotopic (exact) mass is 238 g/mol.